The second-order valence-electron chi connectivity index (χ2n) is 1.55. The molecule has 0 spiro atoms. The van der Waals surface area contributed by atoms with E-state index in [0.717, 1.165) is 0 Å². The second-order valence-corrected chi connectivity index (χ2v) is 1.55. The smallest absolute Gasteiger partial charge is 0.313 e. The molecule has 0 atom stereocenters. The summed E-state index contributed by atoms with van der Waals surface area (Å²) in [5, 5.41) is 8.45. The van der Waals surface area contributed by atoms with Gasteiger partial charge >= 0.3 is 5.97 Å². The molecule has 0 saturated carbocycles. The van der Waals surface area contributed by atoms with E-state index in [0.29, 0.717) is 6.61 Å². The van der Waals surface area contributed by atoms with Gasteiger partial charge in [-0.15, -0.1) is 0 Å². The topological polar surface area (TPSA) is 46.5 Å². The highest BCUT2D eigenvalue weighted by atomic mass is 16.5. The van der Waals surface area contributed by atoms with Gasteiger partial charge in [-0.2, -0.15) is 0 Å². The third kappa shape index (κ3) is 4.87. The van der Waals surface area contributed by atoms with E-state index >= 15 is 0 Å². The highest BCUT2D eigenvalue weighted by Crippen LogP contribution is 1.93. The molecule has 0 rings (SSSR count). The van der Waals surface area contributed by atoms with Gasteiger partial charge < -0.3 is 9.84 Å². The van der Waals surface area contributed by atoms with Gasteiger partial charge in [0, 0.05) is 0 Å². The summed E-state index contributed by atoms with van der Waals surface area (Å²) in [6.07, 6.45) is -0.103. The van der Waals surface area contributed by atoms with Crippen molar-refractivity contribution in [2.45, 2.75) is 13.3 Å². The monoisotopic (exact) mass is 130 g/mol. The zero-order chi connectivity index (χ0) is 7.28. The van der Waals surface area contributed by atoms with Crippen LogP contribution in [0, 0.1) is 0 Å². The maximum Gasteiger partial charge on any atom is 0.313 e. The SMILES string of the molecule is C=C(O)CC(=O)OCC. The van der Waals surface area contributed by atoms with E-state index in [4.69, 9.17) is 5.11 Å². The Kier molecular flexibility index (Phi) is 3.51. The first-order valence-corrected chi connectivity index (χ1v) is 2.69. The summed E-state index contributed by atoms with van der Waals surface area (Å²) in [4.78, 5) is 10.4. The van der Waals surface area contributed by atoms with Crippen molar-refractivity contribution in [3.8, 4) is 0 Å². The van der Waals surface area contributed by atoms with Crippen LogP contribution in [0.3, 0.4) is 0 Å². The minimum absolute atomic E-state index is 0.103. The number of hydrogen-bond donors (Lipinski definition) is 1. The number of carbonyl (C=O) groups excluding carboxylic acids is 1. The van der Waals surface area contributed by atoms with E-state index in [1.165, 1.54) is 0 Å². The average Bonchev–Trinajstić information content (AvgIpc) is 1.63. The Hall–Kier alpha value is -0.990. The number of rotatable bonds is 3. The number of ether oxygens (including phenoxy) is 1. The van der Waals surface area contributed by atoms with E-state index in [1.807, 2.05) is 0 Å². The van der Waals surface area contributed by atoms with Crippen molar-refractivity contribution in [2.75, 3.05) is 6.61 Å². The second kappa shape index (κ2) is 3.95. The van der Waals surface area contributed by atoms with Crippen molar-refractivity contribution in [3.63, 3.8) is 0 Å². The average molecular weight is 130 g/mol. The normalized spacial score (nSPS) is 8.56. The van der Waals surface area contributed by atoms with Crippen LogP contribution in [0.4, 0.5) is 0 Å². The molecule has 0 heterocycles. The molecule has 0 aliphatic rings. The molecule has 0 unspecified atom stereocenters. The lowest BCUT2D eigenvalue weighted by Crippen LogP contribution is -2.03. The van der Waals surface area contributed by atoms with Crippen molar-refractivity contribution in [1.29, 1.82) is 0 Å². The molecule has 0 aromatic heterocycles. The molecule has 0 aromatic rings. The largest absolute Gasteiger partial charge is 0.512 e. The lowest BCUT2D eigenvalue weighted by molar-refractivity contribution is -0.142. The molecule has 0 aliphatic carbocycles. The first-order valence-electron chi connectivity index (χ1n) is 2.69. The summed E-state index contributed by atoms with van der Waals surface area (Å²) in [5.74, 6) is -0.599. The standard InChI is InChI=1S/C6H10O3/c1-3-9-6(8)4-5(2)7/h7H,2-4H2,1H3. The third-order valence-electron chi connectivity index (χ3n) is 0.654. The molecular weight excluding hydrogens is 120 g/mol. The zero-order valence-electron chi connectivity index (χ0n) is 5.39. The van der Waals surface area contributed by atoms with Gasteiger partial charge in [-0.05, 0) is 6.92 Å². The first kappa shape index (κ1) is 8.01. The molecule has 1 N–H and O–H groups in total. The number of aliphatic hydroxyl groups excluding tert-OH is 1. The molecule has 0 fully saturated rings. The molecule has 0 bridgehead atoms. The summed E-state index contributed by atoms with van der Waals surface area (Å²) < 4.78 is 4.49. The highest BCUT2D eigenvalue weighted by molar-refractivity contribution is 5.71. The summed E-state index contributed by atoms with van der Waals surface area (Å²) in [5.41, 5.74) is 0. The third-order valence-corrected chi connectivity index (χ3v) is 0.654. The van der Waals surface area contributed by atoms with Crippen LogP contribution in [0.2, 0.25) is 0 Å². The Labute approximate surface area is 53.9 Å². The summed E-state index contributed by atoms with van der Waals surface area (Å²) in [6.45, 7) is 5.18. The predicted molar refractivity (Wildman–Crippen MR) is 33.0 cm³/mol. The molecule has 0 amide bonds. The fourth-order valence-corrected chi connectivity index (χ4v) is 0.379. The molecule has 0 aliphatic heterocycles. The molecule has 0 radical (unpaired) electrons. The van der Waals surface area contributed by atoms with Crippen molar-refractivity contribution in [2.24, 2.45) is 0 Å². The molecule has 9 heavy (non-hydrogen) atoms. The number of hydrogen-bond acceptors (Lipinski definition) is 3. The Balaban J connectivity index is 3.39. The van der Waals surface area contributed by atoms with Gasteiger partial charge in [-0.25, -0.2) is 0 Å². The van der Waals surface area contributed by atoms with Gasteiger partial charge in [0.05, 0.1) is 12.4 Å². The van der Waals surface area contributed by atoms with Crippen molar-refractivity contribution in [1.82, 2.24) is 0 Å². The summed E-state index contributed by atoms with van der Waals surface area (Å²) in [6, 6.07) is 0. The van der Waals surface area contributed by atoms with Crippen LogP contribution < -0.4 is 0 Å². The van der Waals surface area contributed by atoms with Gasteiger partial charge in [0.15, 0.2) is 0 Å². The van der Waals surface area contributed by atoms with Crippen LogP contribution in [-0.2, 0) is 9.53 Å². The predicted octanol–water partition coefficient (Wildman–Crippen LogP) is 1.01. The van der Waals surface area contributed by atoms with Gasteiger partial charge in [-0.1, -0.05) is 6.58 Å². The van der Waals surface area contributed by atoms with E-state index < -0.39 is 5.97 Å². The number of esters is 1. The van der Waals surface area contributed by atoms with E-state index in [1.54, 1.807) is 6.92 Å². The fraction of sp³-hybridized carbons (Fsp3) is 0.500. The first-order chi connectivity index (χ1) is 4.16. The Morgan fingerprint density at radius 2 is 2.33 bits per heavy atom. The van der Waals surface area contributed by atoms with Gasteiger partial charge in [0.1, 0.15) is 6.42 Å². The minimum atomic E-state index is -0.440. The maximum absolute atomic E-state index is 10.4. The van der Waals surface area contributed by atoms with Crippen LogP contribution in [-0.4, -0.2) is 17.7 Å². The highest BCUT2D eigenvalue weighted by Gasteiger charge is 2.01. The summed E-state index contributed by atoms with van der Waals surface area (Å²) in [7, 11) is 0. The lowest BCUT2D eigenvalue weighted by atomic mass is 10.4. The Bertz CT molecular complexity index is 117. The Morgan fingerprint density at radius 3 is 2.67 bits per heavy atom. The fourth-order valence-electron chi connectivity index (χ4n) is 0.379. The number of carbonyl (C=O) groups is 1. The van der Waals surface area contributed by atoms with Gasteiger partial charge in [0.2, 0.25) is 0 Å². The molecule has 0 aromatic carbocycles. The van der Waals surface area contributed by atoms with Gasteiger partial charge in [-0.3, -0.25) is 4.79 Å². The maximum atomic E-state index is 10.4. The van der Waals surface area contributed by atoms with Crippen LogP contribution in [0.5, 0.6) is 0 Å². The van der Waals surface area contributed by atoms with Crippen molar-refractivity contribution in [3.05, 3.63) is 12.3 Å². The van der Waals surface area contributed by atoms with E-state index in [9.17, 15) is 4.79 Å². The molecule has 52 valence electrons. The van der Waals surface area contributed by atoms with Crippen LogP contribution in [0.15, 0.2) is 12.3 Å². The summed E-state index contributed by atoms with van der Waals surface area (Å²) >= 11 is 0. The van der Waals surface area contributed by atoms with E-state index in [2.05, 4.69) is 11.3 Å². The van der Waals surface area contributed by atoms with E-state index in [-0.39, 0.29) is 12.2 Å². The van der Waals surface area contributed by atoms with Gasteiger partial charge in [0.25, 0.3) is 0 Å². The molecular formula is C6H10O3. The minimum Gasteiger partial charge on any atom is -0.512 e. The van der Waals surface area contributed by atoms with Crippen molar-refractivity contribution < 1.29 is 14.6 Å². The lowest BCUT2D eigenvalue weighted by Gasteiger charge is -1.97. The number of aliphatic hydroxyl groups is 1. The van der Waals surface area contributed by atoms with Crippen LogP contribution in [0.1, 0.15) is 13.3 Å². The molecule has 0 saturated heterocycles. The quantitative estimate of drug-likeness (QED) is 0.458. The Morgan fingerprint density at radius 1 is 1.78 bits per heavy atom. The molecule has 3 heteroatoms. The zero-order valence-corrected chi connectivity index (χ0v) is 5.39. The van der Waals surface area contributed by atoms with Crippen molar-refractivity contribution >= 4 is 5.97 Å². The van der Waals surface area contributed by atoms with Crippen LogP contribution in [0.25, 0.3) is 0 Å². The van der Waals surface area contributed by atoms with Crippen LogP contribution >= 0.6 is 0 Å². The molecule has 3 nitrogen and oxygen atoms in total.